The molecule has 0 saturated carbocycles. The Morgan fingerprint density at radius 1 is 0.882 bits per heavy atom. The predicted molar refractivity (Wildman–Crippen MR) is 131 cm³/mol. The summed E-state index contributed by atoms with van der Waals surface area (Å²) in [5.41, 5.74) is 3.85. The van der Waals surface area contributed by atoms with E-state index in [-0.39, 0.29) is 5.91 Å². The third kappa shape index (κ3) is 5.04. The normalized spacial score (nSPS) is 10.6. The van der Waals surface area contributed by atoms with Gasteiger partial charge in [0.1, 0.15) is 11.4 Å². The van der Waals surface area contributed by atoms with E-state index in [4.69, 9.17) is 19.3 Å². The third-order valence-electron chi connectivity index (χ3n) is 5.49. The molecule has 0 aliphatic heterocycles. The summed E-state index contributed by atoms with van der Waals surface area (Å²) in [6, 6.07) is 23.0. The van der Waals surface area contributed by atoms with E-state index in [1.807, 2.05) is 72.8 Å². The minimum atomic E-state index is -0.187. The number of hydrogen-bond acceptors (Lipinski definition) is 5. The molecule has 1 aromatic heterocycles. The van der Waals surface area contributed by atoms with Gasteiger partial charge in [-0.15, -0.1) is 0 Å². The number of amides is 1. The molecule has 0 radical (unpaired) electrons. The number of para-hydroxylation sites is 1. The highest BCUT2D eigenvalue weighted by atomic mass is 16.5. The Kier molecular flexibility index (Phi) is 7.13. The number of ether oxygens (including phenoxy) is 3. The lowest BCUT2D eigenvalue weighted by atomic mass is 10.1. The number of methoxy groups -OCH3 is 3. The lowest BCUT2D eigenvalue weighted by molar-refractivity contribution is 0.0954. The van der Waals surface area contributed by atoms with Crippen molar-refractivity contribution in [2.45, 2.75) is 6.42 Å². The summed E-state index contributed by atoms with van der Waals surface area (Å²) in [7, 11) is 4.83. The van der Waals surface area contributed by atoms with Crippen LogP contribution in [-0.4, -0.2) is 43.6 Å². The van der Waals surface area contributed by atoms with Crippen molar-refractivity contribution in [2.75, 3.05) is 27.9 Å². The van der Waals surface area contributed by atoms with Crippen LogP contribution in [0.25, 0.3) is 16.9 Å². The molecular weight excluding hydrogens is 430 g/mol. The summed E-state index contributed by atoms with van der Waals surface area (Å²) in [5.74, 6) is 1.89. The fourth-order valence-electron chi connectivity index (χ4n) is 3.67. The molecule has 0 atom stereocenters. The molecule has 4 aromatic rings. The molecule has 1 amide bonds. The van der Waals surface area contributed by atoms with Crippen molar-refractivity contribution >= 4 is 5.91 Å². The van der Waals surface area contributed by atoms with E-state index in [0.29, 0.717) is 35.7 Å². The number of carbonyl (C=O) groups excluding carboxylic acids is 1. The van der Waals surface area contributed by atoms with Crippen molar-refractivity contribution in [3.63, 3.8) is 0 Å². The van der Waals surface area contributed by atoms with Crippen molar-refractivity contribution in [3.05, 3.63) is 90.1 Å². The van der Waals surface area contributed by atoms with E-state index in [9.17, 15) is 4.79 Å². The van der Waals surface area contributed by atoms with Gasteiger partial charge in [-0.3, -0.25) is 4.79 Å². The Morgan fingerprint density at radius 3 is 2.29 bits per heavy atom. The Bertz CT molecular complexity index is 1250. The molecule has 3 aromatic carbocycles. The first-order valence-electron chi connectivity index (χ1n) is 10.9. The average Bonchev–Trinajstić information content (AvgIpc) is 3.35. The molecule has 34 heavy (non-hydrogen) atoms. The van der Waals surface area contributed by atoms with Crippen LogP contribution >= 0.6 is 0 Å². The number of aromatic nitrogens is 2. The van der Waals surface area contributed by atoms with Crippen LogP contribution in [-0.2, 0) is 6.42 Å². The second-order valence-corrected chi connectivity index (χ2v) is 7.60. The van der Waals surface area contributed by atoms with Crippen LogP contribution in [0, 0.1) is 0 Å². The monoisotopic (exact) mass is 457 g/mol. The van der Waals surface area contributed by atoms with Crippen LogP contribution in [0.4, 0.5) is 0 Å². The minimum absolute atomic E-state index is 0.187. The van der Waals surface area contributed by atoms with Crippen LogP contribution in [0.1, 0.15) is 15.9 Å². The summed E-state index contributed by atoms with van der Waals surface area (Å²) in [5, 5.41) is 7.74. The lowest BCUT2D eigenvalue weighted by Crippen LogP contribution is -2.25. The number of carbonyl (C=O) groups is 1. The maximum Gasteiger partial charge on any atom is 0.255 e. The zero-order valence-electron chi connectivity index (χ0n) is 19.4. The summed E-state index contributed by atoms with van der Waals surface area (Å²) in [6.07, 6.45) is 2.41. The van der Waals surface area contributed by atoms with E-state index < -0.39 is 0 Å². The number of nitrogens with zero attached hydrogens (tertiary/aromatic N) is 2. The molecular formula is C27H27N3O4. The van der Waals surface area contributed by atoms with Gasteiger partial charge in [0, 0.05) is 18.3 Å². The molecule has 4 rings (SSSR count). The van der Waals surface area contributed by atoms with Crippen molar-refractivity contribution < 1.29 is 19.0 Å². The second kappa shape index (κ2) is 10.6. The van der Waals surface area contributed by atoms with Crippen LogP contribution in [0.15, 0.2) is 79.0 Å². The zero-order chi connectivity index (χ0) is 23.9. The van der Waals surface area contributed by atoms with Gasteiger partial charge in [0.25, 0.3) is 5.91 Å². The molecule has 0 bridgehead atoms. The second-order valence-electron chi connectivity index (χ2n) is 7.60. The molecule has 0 aliphatic carbocycles. The van der Waals surface area contributed by atoms with E-state index in [1.165, 1.54) is 0 Å². The molecule has 0 saturated heterocycles. The molecule has 0 aliphatic rings. The third-order valence-corrected chi connectivity index (χ3v) is 5.49. The quantitative estimate of drug-likeness (QED) is 0.400. The summed E-state index contributed by atoms with van der Waals surface area (Å²) in [4.78, 5) is 13.2. The maximum absolute atomic E-state index is 13.2. The van der Waals surface area contributed by atoms with Crippen molar-refractivity contribution in [3.8, 4) is 34.2 Å². The van der Waals surface area contributed by atoms with Gasteiger partial charge in [-0.05, 0) is 60.5 Å². The van der Waals surface area contributed by atoms with Crippen LogP contribution in [0.3, 0.4) is 0 Å². The number of benzene rings is 3. The van der Waals surface area contributed by atoms with Gasteiger partial charge in [0.15, 0.2) is 11.5 Å². The fourth-order valence-corrected chi connectivity index (χ4v) is 3.67. The molecule has 0 spiro atoms. The van der Waals surface area contributed by atoms with E-state index in [1.54, 1.807) is 32.2 Å². The van der Waals surface area contributed by atoms with Crippen molar-refractivity contribution in [2.24, 2.45) is 0 Å². The summed E-state index contributed by atoms with van der Waals surface area (Å²) >= 11 is 0. The van der Waals surface area contributed by atoms with Crippen LogP contribution < -0.4 is 19.5 Å². The molecule has 7 heteroatoms. The van der Waals surface area contributed by atoms with Crippen LogP contribution in [0.5, 0.6) is 17.2 Å². The van der Waals surface area contributed by atoms with E-state index in [0.717, 1.165) is 22.6 Å². The molecule has 7 nitrogen and oxygen atoms in total. The largest absolute Gasteiger partial charge is 0.497 e. The first-order valence-corrected chi connectivity index (χ1v) is 10.9. The predicted octanol–water partition coefficient (Wildman–Crippen LogP) is 4.54. The van der Waals surface area contributed by atoms with Gasteiger partial charge in [-0.25, -0.2) is 4.68 Å². The van der Waals surface area contributed by atoms with Gasteiger partial charge >= 0.3 is 0 Å². The maximum atomic E-state index is 13.2. The minimum Gasteiger partial charge on any atom is -0.497 e. The zero-order valence-corrected chi connectivity index (χ0v) is 19.4. The number of hydrogen-bond donors (Lipinski definition) is 1. The SMILES string of the molecule is COc1ccc(-c2nn(-c3ccccc3)cc2C(=O)NCCc2ccc(OC)c(OC)c2)cc1. The highest BCUT2D eigenvalue weighted by molar-refractivity contribution is 6.00. The van der Waals surface area contributed by atoms with Crippen molar-refractivity contribution in [1.29, 1.82) is 0 Å². The summed E-state index contributed by atoms with van der Waals surface area (Å²) < 4.78 is 17.6. The highest BCUT2D eigenvalue weighted by Gasteiger charge is 2.19. The van der Waals surface area contributed by atoms with Gasteiger partial charge < -0.3 is 19.5 Å². The molecule has 174 valence electrons. The van der Waals surface area contributed by atoms with Crippen LogP contribution in [0.2, 0.25) is 0 Å². The van der Waals surface area contributed by atoms with E-state index in [2.05, 4.69) is 5.32 Å². The van der Waals surface area contributed by atoms with Gasteiger partial charge in [-0.2, -0.15) is 5.10 Å². The molecule has 1 heterocycles. The Balaban J connectivity index is 1.55. The topological polar surface area (TPSA) is 74.6 Å². The van der Waals surface area contributed by atoms with Crippen molar-refractivity contribution in [1.82, 2.24) is 15.1 Å². The molecule has 1 N–H and O–H groups in total. The van der Waals surface area contributed by atoms with E-state index >= 15 is 0 Å². The Morgan fingerprint density at radius 2 is 1.62 bits per heavy atom. The Labute approximate surface area is 198 Å². The number of nitrogens with one attached hydrogen (secondary N) is 1. The Hall–Kier alpha value is -4.26. The van der Waals surface area contributed by atoms with Gasteiger partial charge in [0.2, 0.25) is 0 Å². The first kappa shape index (κ1) is 22.9. The number of rotatable bonds is 9. The average molecular weight is 458 g/mol. The standard InChI is InChI=1S/C27H27N3O4/c1-32-22-12-10-20(11-13-22)26-23(18-30(29-26)21-7-5-4-6-8-21)27(31)28-16-15-19-9-14-24(33-2)25(17-19)34-3/h4-14,17-18H,15-16H2,1-3H3,(H,28,31). The smallest absolute Gasteiger partial charge is 0.255 e. The fraction of sp³-hybridized carbons (Fsp3) is 0.185. The first-order chi connectivity index (χ1) is 16.6. The molecule has 0 unspecified atom stereocenters. The van der Waals surface area contributed by atoms with Gasteiger partial charge in [0.05, 0.1) is 32.6 Å². The highest BCUT2D eigenvalue weighted by Crippen LogP contribution is 2.28. The lowest BCUT2D eigenvalue weighted by Gasteiger charge is -2.10. The summed E-state index contributed by atoms with van der Waals surface area (Å²) in [6.45, 7) is 0.465. The molecule has 0 fully saturated rings. The van der Waals surface area contributed by atoms with Gasteiger partial charge in [-0.1, -0.05) is 24.3 Å².